The maximum Gasteiger partial charge on any atom is 0.482 e. The fourth-order valence-electron chi connectivity index (χ4n) is 0.637. The van der Waals surface area contributed by atoms with Crippen molar-refractivity contribution >= 4 is 0 Å². The number of rotatable bonds is 2. The molecule has 0 unspecified atom stereocenters. The number of hydrogen-bond donors (Lipinski definition) is 1. The molecule has 0 amide bonds. The summed E-state index contributed by atoms with van der Waals surface area (Å²) in [5.74, 6) is -5.56. The molecule has 0 radical (unpaired) electrons. The van der Waals surface area contributed by atoms with E-state index in [1.807, 2.05) is 0 Å². The van der Waals surface area contributed by atoms with Gasteiger partial charge in [0.15, 0.2) is 0 Å². The molecule has 1 N–H and O–H groups in total. The van der Waals surface area contributed by atoms with Gasteiger partial charge in [-0.15, -0.1) is 0 Å². The summed E-state index contributed by atoms with van der Waals surface area (Å²) in [7, 11) is 0. The first-order valence-corrected chi connectivity index (χ1v) is 3.38. The van der Waals surface area contributed by atoms with Crippen LogP contribution in [0.1, 0.15) is 6.92 Å². The van der Waals surface area contributed by atoms with E-state index < -0.39 is 24.1 Å². The third-order valence-electron chi connectivity index (χ3n) is 1.26. The fraction of sp³-hybridized carbons (Fsp3) is 0.667. The van der Waals surface area contributed by atoms with Crippen LogP contribution >= 0.6 is 0 Å². The number of halogens is 8. The number of alkyl halides is 8. The van der Waals surface area contributed by atoms with Gasteiger partial charge in [0.2, 0.25) is 0 Å². The van der Waals surface area contributed by atoms with Gasteiger partial charge in [-0.1, -0.05) is 6.08 Å². The van der Waals surface area contributed by atoms with Gasteiger partial charge in [0, 0.05) is 0 Å². The molecule has 0 aliphatic heterocycles. The summed E-state index contributed by atoms with van der Waals surface area (Å²) in [5, 5.41) is 0.144. The highest BCUT2D eigenvalue weighted by Gasteiger charge is 2.61. The largest absolute Gasteiger partial charge is 0.482 e. The summed E-state index contributed by atoms with van der Waals surface area (Å²) in [6, 6.07) is 0. The highest BCUT2D eigenvalue weighted by molar-refractivity contribution is 5.13. The minimum absolute atomic E-state index is 0.0149. The third-order valence-corrected chi connectivity index (χ3v) is 1.26. The summed E-state index contributed by atoms with van der Waals surface area (Å²) < 4.78 is 94.4. The summed E-state index contributed by atoms with van der Waals surface area (Å²) in [6.07, 6.45) is -11.4. The van der Waals surface area contributed by atoms with E-state index in [1.165, 1.54) is 0 Å². The lowest BCUT2D eigenvalue weighted by atomic mass is 10.2. The van der Waals surface area contributed by atoms with Crippen LogP contribution in [0.5, 0.6) is 0 Å². The van der Waals surface area contributed by atoms with Crippen LogP contribution in [-0.2, 0) is 0 Å². The van der Waals surface area contributed by atoms with E-state index in [2.05, 4.69) is 0 Å². The monoisotopic (exact) mass is 243 g/mol. The van der Waals surface area contributed by atoms with Gasteiger partial charge in [-0.2, -0.15) is 35.1 Å². The molecule has 9 heteroatoms. The normalized spacial score (nSPS) is 15.4. The maximum absolute atomic E-state index is 12.4. The van der Waals surface area contributed by atoms with Gasteiger partial charge in [0.1, 0.15) is 0 Å². The van der Waals surface area contributed by atoms with E-state index >= 15 is 0 Å². The molecule has 0 bridgehead atoms. The zero-order valence-electron chi connectivity index (χ0n) is 7.10. The molecule has 0 rings (SSSR count). The number of hydrogen-bond acceptors (Lipinski definition) is 1. The molecule has 0 aliphatic rings. The zero-order valence-corrected chi connectivity index (χ0v) is 7.10. The molecule has 0 fully saturated rings. The van der Waals surface area contributed by atoms with Gasteiger partial charge in [-0.3, -0.25) is 5.32 Å². The number of nitrogens with one attached hydrogen (secondary N) is 1. The Morgan fingerprint density at radius 2 is 1.33 bits per heavy atom. The Morgan fingerprint density at radius 3 is 1.53 bits per heavy atom. The highest BCUT2D eigenvalue weighted by Crippen LogP contribution is 2.40. The molecule has 0 spiro atoms. The molecular weight excluding hydrogens is 238 g/mol. The van der Waals surface area contributed by atoms with E-state index in [9.17, 15) is 35.1 Å². The van der Waals surface area contributed by atoms with Crippen LogP contribution in [0.25, 0.3) is 0 Å². The fourth-order valence-corrected chi connectivity index (χ4v) is 0.637. The Balaban J connectivity index is 5.02. The van der Waals surface area contributed by atoms with Crippen molar-refractivity contribution in [2.24, 2.45) is 0 Å². The van der Waals surface area contributed by atoms with Crippen LogP contribution in [0.2, 0.25) is 0 Å². The van der Waals surface area contributed by atoms with Gasteiger partial charge < -0.3 is 0 Å². The van der Waals surface area contributed by atoms with E-state index in [0.717, 1.165) is 0 Å². The Kier molecular flexibility index (Phi) is 3.59. The average Bonchev–Trinajstić information content (AvgIpc) is 1.95. The quantitative estimate of drug-likeness (QED) is 0.580. The third kappa shape index (κ3) is 3.56. The molecule has 0 atom stereocenters. The molecule has 0 heterocycles. The zero-order chi connectivity index (χ0) is 12.5. The van der Waals surface area contributed by atoms with E-state index in [-0.39, 0.29) is 11.4 Å². The SMILES string of the molecule is CC=C(NC(F)(F)F)C(F)(F)C(F)(F)F. The van der Waals surface area contributed by atoms with Crippen LogP contribution in [0.3, 0.4) is 0 Å². The minimum Gasteiger partial charge on any atom is -0.295 e. The highest BCUT2D eigenvalue weighted by atomic mass is 19.4. The van der Waals surface area contributed by atoms with Crippen LogP contribution < -0.4 is 5.32 Å². The van der Waals surface area contributed by atoms with Crippen molar-refractivity contribution in [2.45, 2.75) is 25.3 Å². The first-order chi connectivity index (χ1) is 6.42. The van der Waals surface area contributed by atoms with Crippen LogP contribution in [0.15, 0.2) is 11.8 Å². The Morgan fingerprint density at radius 1 is 0.933 bits per heavy atom. The van der Waals surface area contributed by atoms with Crippen molar-refractivity contribution < 1.29 is 35.1 Å². The van der Waals surface area contributed by atoms with E-state index in [0.29, 0.717) is 6.92 Å². The summed E-state index contributed by atoms with van der Waals surface area (Å²) in [6.45, 7) is 0.633. The molecule has 15 heavy (non-hydrogen) atoms. The van der Waals surface area contributed by atoms with Crippen molar-refractivity contribution in [2.75, 3.05) is 0 Å². The molecule has 0 saturated carbocycles. The predicted molar refractivity (Wildman–Crippen MR) is 33.9 cm³/mol. The van der Waals surface area contributed by atoms with Gasteiger partial charge in [0.25, 0.3) is 0 Å². The molecule has 1 nitrogen and oxygen atoms in total. The van der Waals surface area contributed by atoms with Crippen molar-refractivity contribution in [3.63, 3.8) is 0 Å². The maximum atomic E-state index is 12.4. The Labute approximate surface area is 78.7 Å². The van der Waals surface area contributed by atoms with Crippen molar-refractivity contribution in [3.8, 4) is 0 Å². The second-order valence-corrected chi connectivity index (χ2v) is 2.40. The van der Waals surface area contributed by atoms with Gasteiger partial charge >= 0.3 is 18.4 Å². The lowest BCUT2D eigenvalue weighted by Crippen LogP contribution is -2.47. The second kappa shape index (κ2) is 3.86. The molecule has 0 aromatic heterocycles. The van der Waals surface area contributed by atoms with Crippen LogP contribution in [0.4, 0.5) is 35.1 Å². The first kappa shape index (κ1) is 14.0. The van der Waals surface area contributed by atoms with E-state index in [1.54, 1.807) is 0 Å². The smallest absolute Gasteiger partial charge is 0.295 e. The van der Waals surface area contributed by atoms with Gasteiger partial charge in [-0.05, 0) is 6.92 Å². The first-order valence-electron chi connectivity index (χ1n) is 3.38. The Hall–Kier alpha value is -1.02. The Bertz CT molecular complexity index is 247. The van der Waals surface area contributed by atoms with Crippen LogP contribution in [0, 0.1) is 0 Å². The molecule has 0 aromatic carbocycles. The predicted octanol–water partition coefficient (Wildman–Crippen LogP) is 3.20. The molecular formula is C6H5F8N. The summed E-state index contributed by atoms with van der Waals surface area (Å²) in [4.78, 5) is 0. The molecule has 90 valence electrons. The van der Waals surface area contributed by atoms with E-state index in [4.69, 9.17) is 0 Å². The minimum atomic E-state index is -6.08. The molecule has 0 saturated heterocycles. The summed E-state index contributed by atoms with van der Waals surface area (Å²) >= 11 is 0. The lowest BCUT2D eigenvalue weighted by Gasteiger charge is -2.24. The standard InChI is InChI=1S/C6H5F8N/c1-2-3(15-6(12,13)14)4(7,8)5(9,10)11/h2,15H,1H3. The topological polar surface area (TPSA) is 12.0 Å². The van der Waals surface area contributed by atoms with Crippen molar-refractivity contribution in [3.05, 3.63) is 11.8 Å². The van der Waals surface area contributed by atoms with Gasteiger partial charge in [-0.25, -0.2) is 0 Å². The lowest BCUT2D eigenvalue weighted by molar-refractivity contribution is -0.271. The van der Waals surface area contributed by atoms with Crippen molar-refractivity contribution in [1.29, 1.82) is 0 Å². The number of allylic oxidation sites excluding steroid dienone is 2. The summed E-state index contributed by atoms with van der Waals surface area (Å²) in [5.41, 5.74) is -2.25. The van der Waals surface area contributed by atoms with Gasteiger partial charge in [0.05, 0.1) is 5.70 Å². The van der Waals surface area contributed by atoms with Crippen LogP contribution in [-0.4, -0.2) is 18.4 Å². The second-order valence-electron chi connectivity index (χ2n) is 2.40. The molecule has 0 aliphatic carbocycles. The average molecular weight is 243 g/mol. The molecule has 0 aromatic rings. The van der Waals surface area contributed by atoms with Crippen molar-refractivity contribution in [1.82, 2.24) is 5.32 Å².